The summed E-state index contributed by atoms with van der Waals surface area (Å²) in [5.41, 5.74) is 3.29. The summed E-state index contributed by atoms with van der Waals surface area (Å²) in [5.74, 6) is 1.90. The predicted molar refractivity (Wildman–Crippen MR) is 101 cm³/mol. The molecule has 1 aromatic heterocycles. The Labute approximate surface area is 146 Å². The quantitative estimate of drug-likeness (QED) is 0.726. The van der Waals surface area contributed by atoms with E-state index in [-0.39, 0.29) is 6.04 Å². The second-order valence-electron chi connectivity index (χ2n) is 6.02. The van der Waals surface area contributed by atoms with Crippen LogP contribution < -0.4 is 4.74 Å². The zero-order valence-electron chi connectivity index (χ0n) is 14.3. The van der Waals surface area contributed by atoms with Crippen LogP contribution in [0.15, 0.2) is 66.1 Å². The molecule has 0 saturated carbocycles. The fourth-order valence-electron chi connectivity index (χ4n) is 3.18. The van der Waals surface area contributed by atoms with E-state index in [1.165, 1.54) is 5.56 Å². The zero-order chi connectivity index (χ0) is 17.2. The maximum absolute atomic E-state index is 5.26. The number of fused-ring (bicyclic) bond motifs is 1. The molecule has 126 valence electrons. The number of aromatic nitrogens is 2. The van der Waals surface area contributed by atoms with Crippen LogP contribution in [0.3, 0.4) is 0 Å². The third-order valence-electron chi connectivity index (χ3n) is 4.63. The van der Waals surface area contributed by atoms with Crippen molar-refractivity contribution < 1.29 is 4.74 Å². The van der Waals surface area contributed by atoms with Crippen LogP contribution in [0.5, 0.6) is 5.75 Å². The van der Waals surface area contributed by atoms with E-state index in [4.69, 9.17) is 4.74 Å². The molecule has 1 atom stereocenters. The number of hydrogen-bond acceptors (Lipinski definition) is 4. The summed E-state index contributed by atoms with van der Waals surface area (Å²) < 4.78 is 7.37. The van der Waals surface area contributed by atoms with Crippen LogP contribution in [0.4, 0.5) is 0 Å². The summed E-state index contributed by atoms with van der Waals surface area (Å²) in [6.45, 7) is 2.96. The molecule has 0 radical (unpaired) electrons. The van der Waals surface area contributed by atoms with E-state index < -0.39 is 0 Å². The molecular weight excluding hydrogens is 312 g/mol. The largest absolute Gasteiger partial charge is 0.497 e. The van der Waals surface area contributed by atoms with Gasteiger partial charge >= 0.3 is 0 Å². The van der Waals surface area contributed by atoms with Crippen molar-refractivity contribution in [3.8, 4) is 5.75 Å². The van der Waals surface area contributed by atoms with Gasteiger partial charge in [0.1, 0.15) is 17.9 Å². The summed E-state index contributed by atoms with van der Waals surface area (Å²) in [6.07, 6.45) is 5.70. The predicted octanol–water partition coefficient (Wildman–Crippen LogP) is 3.95. The molecule has 0 spiro atoms. The normalized spacial score (nSPS) is 15.3. The number of aliphatic imine (C=N–C) groups is 1. The zero-order valence-corrected chi connectivity index (χ0v) is 14.3. The smallest absolute Gasteiger partial charge is 0.134 e. The van der Waals surface area contributed by atoms with Gasteiger partial charge < -0.3 is 9.64 Å². The highest BCUT2D eigenvalue weighted by molar-refractivity contribution is 5.80. The molecule has 3 aromatic rings. The molecule has 0 amide bonds. The van der Waals surface area contributed by atoms with Gasteiger partial charge in [-0.2, -0.15) is 0 Å². The summed E-state index contributed by atoms with van der Waals surface area (Å²) in [7, 11) is 1.69. The minimum atomic E-state index is 0.199. The van der Waals surface area contributed by atoms with E-state index in [1.807, 2.05) is 49.1 Å². The van der Waals surface area contributed by atoms with Gasteiger partial charge in [-0.1, -0.05) is 24.3 Å². The van der Waals surface area contributed by atoms with Crippen LogP contribution in [0.25, 0.3) is 16.9 Å². The van der Waals surface area contributed by atoms with Gasteiger partial charge in [0, 0.05) is 6.21 Å². The van der Waals surface area contributed by atoms with Crippen LogP contribution >= 0.6 is 0 Å². The van der Waals surface area contributed by atoms with Gasteiger partial charge in [0.25, 0.3) is 0 Å². The van der Waals surface area contributed by atoms with Crippen LogP contribution in [0.1, 0.15) is 18.5 Å². The Morgan fingerprint density at radius 1 is 1.08 bits per heavy atom. The molecule has 1 aliphatic rings. The van der Waals surface area contributed by atoms with Crippen molar-refractivity contribution in [2.75, 3.05) is 13.7 Å². The van der Waals surface area contributed by atoms with Crippen molar-refractivity contribution in [3.63, 3.8) is 0 Å². The minimum Gasteiger partial charge on any atom is -0.497 e. The maximum atomic E-state index is 5.26. The number of rotatable bonds is 4. The Morgan fingerprint density at radius 2 is 1.88 bits per heavy atom. The third-order valence-corrected chi connectivity index (χ3v) is 4.63. The van der Waals surface area contributed by atoms with Crippen LogP contribution in [-0.4, -0.2) is 34.3 Å². The summed E-state index contributed by atoms with van der Waals surface area (Å²) in [5, 5.41) is 0. The highest BCUT2D eigenvalue weighted by Crippen LogP contribution is 2.30. The maximum Gasteiger partial charge on any atom is 0.134 e. The Hall–Kier alpha value is -3.08. The lowest BCUT2D eigenvalue weighted by Gasteiger charge is -2.34. The fraction of sp³-hybridized carbons (Fsp3) is 0.200. The van der Waals surface area contributed by atoms with Gasteiger partial charge in [0.05, 0.1) is 36.9 Å². The lowest BCUT2D eigenvalue weighted by Crippen LogP contribution is -2.31. The molecule has 4 rings (SSSR count). The van der Waals surface area contributed by atoms with E-state index in [2.05, 4.69) is 44.6 Å². The lowest BCUT2D eigenvalue weighted by atomic mass is 10.1. The molecule has 0 N–H and O–H groups in total. The van der Waals surface area contributed by atoms with Gasteiger partial charge in [-0.15, -0.1) is 0 Å². The molecule has 2 heterocycles. The first kappa shape index (κ1) is 15.4. The number of imidazole rings is 1. The molecule has 25 heavy (non-hydrogen) atoms. The molecule has 0 unspecified atom stereocenters. The van der Waals surface area contributed by atoms with Crippen LogP contribution in [0, 0.1) is 0 Å². The third kappa shape index (κ3) is 2.78. The fourth-order valence-corrected chi connectivity index (χ4v) is 3.18. The Morgan fingerprint density at radius 3 is 2.68 bits per heavy atom. The van der Waals surface area contributed by atoms with E-state index in [0.29, 0.717) is 0 Å². The van der Waals surface area contributed by atoms with Crippen LogP contribution in [-0.2, 0) is 0 Å². The molecule has 0 bridgehead atoms. The minimum absolute atomic E-state index is 0.199. The van der Waals surface area contributed by atoms with Gasteiger partial charge in [-0.05, 0) is 36.8 Å². The summed E-state index contributed by atoms with van der Waals surface area (Å²) >= 11 is 0. The van der Waals surface area contributed by atoms with Crippen molar-refractivity contribution in [2.24, 2.45) is 4.99 Å². The van der Waals surface area contributed by atoms with Crippen molar-refractivity contribution in [1.82, 2.24) is 14.5 Å². The second kappa shape index (κ2) is 6.43. The Bertz CT molecular complexity index is 940. The molecule has 2 aromatic carbocycles. The van der Waals surface area contributed by atoms with Crippen molar-refractivity contribution >= 4 is 23.1 Å². The molecule has 5 nitrogen and oxygen atoms in total. The average Bonchev–Trinajstić information content (AvgIpc) is 3.11. The van der Waals surface area contributed by atoms with E-state index in [1.54, 1.807) is 7.11 Å². The first-order valence-electron chi connectivity index (χ1n) is 8.33. The van der Waals surface area contributed by atoms with Crippen molar-refractivity contribution in [2.45, 2.75) is 13.0 Å². The molecule has 5 heteroatoms. The number of nitrogens with zero attached hydrogens (tertiary/aromatic N) is 4. The number of para-hydroxylation sites is 2. The highest BCUT2D eigenvalue weighted by atomic mass is 16.5. The van der Waals surface area contributed by atoms with Crippen LogP contribution in [0.2, 0.25) is 0 Å². The molecule has 0 saturated heterocycles. The Kier molecular flexibility index (Phi) is 3.98. The molecule has 1 aliphatic heterocycles. The van der Waals surface area contributed by atoms with Crippen molar-refractivity contribution in [1.29, 1.82) is 0 Å². The van der Waals surface area contributed by atoms with E-state index in [9.17, 15) is 0 Å². The second-order valence-corrected chi connectivity index (χ2v) is 6.02. The number of hydrogen-bond donors (Lipinski definition) is 0. The average molecular weight is 332 g/mol. The van der Waals surface area contributed by atoms with Gasteiger partial charge in [0.15, 0.2) is 0 Å². The van der Waals surface area contributed by atoms with Gasteiger partial charge in [0.2, 0.25) is 0 Å². The van der Waals surface area contributed by atoms with E-state index >= 15 is 0 Å². The number of ether oxygens (including phenoxy) is 1. The Balaban J connectivity index is 1.71. The standard InChI is InChI=1S/C20H20N4O/c1-15(16-7-9-17(25-2)10-8-16)23-12-11-21-13-20(23)24-14-22-18-5-3-4-6-19(18)24/h3-11,13-15H,12H2,1-2H3/t15-/m0/s1. The van der Waals surface area contributed by atoms with Crippen molar-refractivity contribution in [3.05, 3.63) is 66.6 Å². The SMILES string of the molecule is COc1ccc([C@H](C)N2CC=NC=C2n2cnc3ccccc32)cc1. The first-order valence-corrected chi connectivity index (χ1v) is 8.33. The lowest BCUT2D eigenvalue weighted by molar-refractivity contribution is 0.340. The van der Waals surface area contributed by atoms with E-state index in [0.717, 1.165) is 29.1 Å². The summed E-state index contributed by atoms with van der Waals surface area (Å²) in [6, 6.07) is 16.6. The summed E-state index contributed by atoms with van der Waals surface area (Å²) in [4.78, 5) is 11.2. The highest BCUT2D eigenvalue weighted by Gasteiger charge is 2.22. The molecule has 0 aliphatic carbocycles. The molecular formula is C20H20N4O. The molecule has 0 fully saturated rings. The first-order chi connectivity index (χ1) is 12.3. The monoisotopic (exact) mass is 332 g/mol. The topological polar surface area (TPSA) is 42.6 Å². The number of methoxy groups -OCH3 is 1. The number of benzene rings is 2. The van der Waals surface area contributed by atoms with Gasteiger partial charge in [-0.3, -0.25) is 9.56 Å². The van der Waals surface area contributed by atoms with Gasteiger partial charge in [-0.25, -0.2) is 4.98 Å².